The zero-order valence-corrected chi connectivity index (χ0v) is 9.36. The van der Waals surface area contributed by atoms with Crippen LogP contribution in [-0.2, 0) is 11.2 Å². The van der Waals surface area contributed by atoms with Gasteiger partial charge in [-0.05, 0) is 25.7 Å². The van der Waals surface area contributed by atoms with Crippen molar-refractivity contribution in [1.29, 1.82) is 0 Å². The molecule has 16 heavy (non-hydrogen) atoms. The van der Waals surface area contributed by atoms with E-state index in [1.165, 1.54) is 19.3 Å². The molecule has 5 nitrogen and oxygen atoms in total. The van der Waals surface area contributed by atoms with Crippen LogP contribution in [0.15, 0.2) is 4.42 Å². The molecule has 0 radical (unpaired) electrons. The van der Waals surface area contributed by atoms with Crippen LogP contribution in [0.25, 0.3) is 0 Å². The van der Waals surface area contributed by atoms with Crippen molar-refractivity contribution in [3.63, 3.8) is 0 Å². The molecule has 0 saturated heterocycles. The van der Waals surface area contributed by atoms with Gasteiger partial charge in [0, 0.05) is 6.42 Å². The Labute approximate surface area is 94.0 Å². The second-order valence-corrected chi connectivity index (χ2v) is 4.04. The number of nitrogen functional groups attached to an aromatic ring is 1. The van der Waals surface area contributed by atoms with E-state index in [0.717, 1.165) is 6.42 Å². The standard InChI is InChI=1S/C11H16N2O3/c1-2-15-11(14)9-10(12)16-8(13-9)6-7-4-3-5-7/h7H,2-6,12H2,1H3. The Morgan fingerprint density at radius 3 is 2.94 bits per heavy atom. The third kappa shape index (κ3) is 2.18. The molecule has 2 rings (SSSR count). The van der Waals surface area contributed by atoms with E-state index in [-0.39, 0.29) is 11.6 Å². The summed E-state index contributed by atoms with van der Waals surface area (Å²) in [5, 5.41) is 0. The maximum absolute atomic E-state index is 11.4. The highest BCUT2D eigenvalue weighted by atomic mass is 16.5. The lowest BCUT2D eigenvalue weighted by atomic mass is 9.83. The van der Waals surface area contributed by atoms with Crippen molar-refractivity contribution in [2.75, 3.05) is 12.3 Å². The normalized spacial score (nSPS) is 15.8. The summed E-state index contributed by atoms with van der Waals surface area (Å²) >= 11 is 0. The number of esters is 1. The average molecular weight is 224 g/mol. The molecule has 88 valence electrons. The fraction of sp³-hybridized carbons (Fsp3) is 0.636. The summed E-state index contributed by atoms with van der Waals surface area (Å²) in [7, 11) is 0. The lowest BCUT2D eigenvalue weighted by Crippen LogP contribution is -2.14. The molecule has 1 aliphatic carbocycles. The Morgan fingerprint density at radius 1 is 1.62 bits per heavy atom. The highest BCUT2D eigenvalue weighted by Gasteiger charge is 2.24. The molecule has 0 spiro atoms. The molecule has 1 aromatic heterocycles. The number of ether oxygens (including phenoxy) is 1. The van der Waals surface area contributed by atoms with E-state index < -0.39 is 5.97 Å². The van der Waals surface area contributed by atoms with Gasteiger partial charge in [-0.3, -0.25) is 0 Å². The third-order valence-corrected chi connectivity index (χ3v) is 2.85. The maximum atomic E-state index is 11.4. The van der Waals surface area contributed by atoms with Gasteiger partial charge in [0.15, 0.2) is 5.89 Å². The summed E-state index contributed by atoms with van der Waals surface area (Å²) < 4.78 is 10.1. The number of hydrogen-bond acceptors (Lipinski definition) is 5. The van der Waals surface area contributed by atoms with Crippen molar-refractivity contribution in [3.05, 3.63) is 11.6 Å². The molecule has 5 heteroatoms. The van der Waals surface area contributed by atoms with Crippen molar-refractivity contribution in [2.45, 2.75) is 32.6 Å². The minimum Gasteiger partial charge on any atom is -0.461 e. The number of nitrogens with two attached hydrogens (primary N) is 1. The van der Waals surface area contributed by atoms with Gasteiger partial charge in [0.2, 0.25) is 11.6 Å². The van der Waals surface area contributed by atoms with Crippen LogP contribution in [0.3, 0.4) is 0 Å². The van der Waals surface area contributed by atoms with E-state index in [1.807, 2.05) is 0 Å². The lowest BCUT2D eigenvalue weighted by molar-refractivity contribution is 0.0521. The van der Waals surface area contributed by atoms with Crippen LogP contribution in [0.1, 0.15) is 42.6 Å². The van der Waals surface area contributed by atoms with E-state index in [2.05, 4.69) is 4.98 Å². The molecule has 1 saturated carbocycles. The van der Waals surface area contributed by atoms with Crippen LogP contribution in [0.2, 0.25) is 0 Å². The minimum absolute atomic E-state index is 0.0628. The Morgan fingerprint density at radius 2 is 2.38 bits per heavy atom. The SMILES string of the molecule is CCOC(=O)c1nc(CC2CCC2)oc1N. The van der Waals surface area contributed by atoms with E-state index in [4.69, 9.17) is 14.9 Å². The molecule has 0 aromatic carbocycles. The van der Waals surface area contributed by atoms with Crippen LogP contribution in [0, 0.1) is 5.92 Å². The molecule has 0 amide bonds. The molecular weight excluding hydrogens is 208 g/mol. The maximum Gasteiger partial charge on any atom is 0.362 e. The monoisotopic (exact) mass is 224 g/mol. The van der Waals surface area contributed by atoms with Gasteiger partial charge < -0.3 is 14.9 Å². The van der Waals surface area contributed by atoms with Crippen LogP contribution in [0.5, 0.6) is 0 Å². The molecule has 0 bridgehead atoms. The summed E-state index contributed by atoms with van der Waals surface area (Å²) in [5.74, 6) is 0.731. The van der Waals surface area contributed by atoms with E-state index in [0.29, 0.717) is 18.4 Å². The summed E-state index contributed by atoms with van der Waals surface area (Å²) in [6.45, 7) is 2.05. The number of oxazole rings is 1. The van der Waals surface area contributed by atoms with Crippen LogP contribution >= 0.6 is 0 Å². The number of nitrogens with zero attached hydrogens (tertiary/aromatic N) is 1. The second kappa shape index (κ2) is 4.55. The lowest BCUT2D eigenvalue weighted by Gasteiger charge is -2.23. The molecule has 1 aliphatic rings. The number of anilines is 1. The molecular formula is C11H16N2O3. The Bertz CT molecular complexity index is 383. The first-order valence-corrected chi connectivity index (χ1v) is 5.63. The highest BCUT2D eigenvalue weighted by molar-refractivity contribution is 5.91. The van der Waals surface area contributed by atoms with Gasteiger partial charge in [0.1, 0.15) is 0 Å². The van der Waals surface area contributed by atoms with Crippen LogP contribution in [0.4, 0.5) is 5.88 Å². The molecule has 1 fully saturated rings. The molecule has 2 N–H and O–H groups in total. The van der Waals surface area contributed by atoms with Crippen molar-refractivity contribution in [3.8, 4) is 0 Å². The quantitative estimate of drug-likeness (QED) is 0.788. The summed E-state index contributed by atoms with van der Waals surface area (Å²) in [6.07, 6.45) is 4.45. The topological polar surface area (TPSA) is 78.3 Å². The largest absolute Gasteiger partial charge is 0.461 e. The first-order valence-electron chi connectivity index (χ1n) is 5.63. The van der Waals surface area contributed by atoms with Gasteiger partial charge >= 0.3 is 5.97 Å². The molecule has 0 atom stereocenters. The molecule has 1 aromatic rings. The van der Waals surface area contributed by atoms with Crippen molar-refractivity contribution in [2.24, 2.45) is 5.92 Å². The van der Waals surface area contributed by atoms with Gasteiger partial charge in [-0.25, -0.2) is 9.78 Å². The minimum atomic E-state index is -0.511. The Kier molecular flexibility index (Phi) is 3.12. The van der Waals surface area contributed by atoms with Gasteiger partial charge in [-0.1, -0.05) is 6.42 Å². The van der Waals surface area contributed by atoms with Crippen molar-refractivity contribution in [1.82, 2.24) is 4.98 Å². The predicted octanol–water partition coefficient (Wildman–Crippen LogP) is 1.78. The first-order chi connectivity index (χ1) is 7.70. The average Bonchev–Trinajstić information content (AvgIpc) is 2.54. The fourth-order valence-electron chi connectivity index (χ4n) is 1.75. The zero-order valence-electron chi connectivity index (χ0n) is 9.36. The number of carbonyl (C=O) groups is 1. The number of aromatic nitrogens is 1. The van der Waals surface area contributed by atoms with Crippen LogP contribution < -0.4 is 5.73 Å². The van der Waals surface area contributed by atoms with Crippen LogP contribution in [-0.4, -0.2) is 17.6 Å². The van der Waals surface area contributed by atoms with Crippen molar-refractivity contribution >= 4 is 11.9 Å². The Balaban J connectivity index is 2.05. The second-order valence-electron chi connectivity index (χ2n) is 4.04. The first kappa shape index (κ1) is 11.0. The number of rotatable bonds is 4. The Hall–Kier alpha value is -1.52. The fourth-order valence-corrected chi connectivity index (χ4v) is 1.75. The van der Waals surface area contributed by atoms with E-state index in [1.54, 1.807) is 6.92 Å². The van der Waals surface area contributed by atoms with Gasteiger partial charge in [0.05, 0.1) is 6.61 Å². The summed E-state index contributed by atoms with van der Waals surface area (Å²) in [6, 6.07) is 0. The number of hydrogen-bond donors (Lipinski definition) is 1. The predicted molar refractivity (Wildman–Crippen MR) is 57.9 cm³/mol. The number of carbonyl (C=O) groups excluding carboxylic acids is 1. The zero-order chi connectivity index (χ0) is 11.5. The highest BCUT2D eigenvalue weighted by Crippen LogP contribution is 2.30. The van der Waals surface area contributed by atoms with E-state index >= 15 is 0 Å². The third-order valence-electron chi connectivity index (χ3n) is 2.85. The van der Waals surface area contributed by atoms with Gasteiger partial charge in [-0.15, -0.1) is 0 Å². The molecule has 0 aliphatic heterocycles. The summed E-state index contributed by atoms with van der Waals surface area (Å²) in [4.78, 5) is 15.5. The summed E-state index contributed by atoms with van der Waals surface area (Å²) in [5.41, 5.74) is 5.69. The van der Waals surface area contributed by atoms with E-state index in [9.17, 15) is 4.79 Å². The van der Waals surface area contributed by atoms with Gasteiger partial charge in [0.25, 0.3) is 0 Å². The van der Waals surface area contributed by atoms with Crippen molar-refractivity contribution < 1.29 is 13.9 Å². The molecule has 0 unspecified atom stereocenters. The molecule has 1 heterocycles. The smallest absolute Gasteiger partial charge is 0.362 e. The van der Waals surface area contributed by atoms with Gasteiger partial charge in [-0.2, -0.15) is 0 Å².